The van der Waals surface area contributed by atoms with Crippen molar-refractivity contribution in [2.24, 2.45) is 0 Å². The third kappa shape index (κ3) is 3.74. The average Bonchev–Trinajstić information content (AvgIpc) is 3.33. The van der Waals surface area contributed by atoms with Gasteiger partial charge in [-0.2, -0.15) is 4.98 Å². The SMILES string of the molecule is CC(C)c1noc(CN(c2cccc(CO)c2)C2Cc3ccccc3C2)n1. The van der Waals surface area contributed by atoms with Gasteiger partial charge < -0.3 is 14.5 Å². The Kier molecular flexibility index (Phi) is 4.94. The third-order valence-electron chi connectivity index (χ3n) is 5.20. The summed E-state index contributed by atoms with van der Waals surface area (Å²) in [6.07, 6.45) is 1.98. The zero-order chi connectivity index (χ0) is 18.8. The molecule has 4 rings (SSSR count). The van der Waals surface area contributed by atoms with Gasteiger partial charge in [0.2, 0.25) is 5.89 Å². The lowest BCUT2D eigenvalue weighted by atomic mass is 10.1. The minimum Gasteiger partial charge on any atom is -0.392 e. The van der Waals surface area contributed by atoms with E-state index in [2.05, 4.69) is 59.2 Å². The molecule has 0 radical (unpaired) electrons. The quantitative estimate of drug-likeness (QED) is 0.720. The second-order valence-corrected chi connectivity index (χ2v) is 7.49. The lowest BCUT2D eigenvalue weighted by Crippen LogP contribution is -2.35. The van der Waals surface area contributed by atoms with Crippen molar-refractivity contribution in [2.75, 3.05) is 4.90 Å². The first-order chi connectivity index (χ1) is 13.1. The Balaban J connectivity index is 1.64. The van der Waals surface area contributed by atoms with Gasteiger partial charge in [0.25, 0.3) is 0 Å². The third-order valence-corrected chi connectivity index (χ3v) is 5.20. The molecule has 1 aliphatic rings. The molecule has 140 valence electrons. The number of fused-ring (bicyclic) bond motifs is 1. The number of aliphatic hydroxyl groups excluding tert-OH is 1. The number of hydrogen-bond donors (Lipinski definition) is 1. The van der Waals surface area contributed by atoms with Crippen LogP contribution in [0.1, 0.15) is 48.2 Å². The van der Waals surface area contributed by atoms with Crippen LogP contribution in [-0.2, 0) is 26.0 Å². The standard InChI is InChI=1S/C22H25N3O2/c1-15(2)22-23-21(27-24-22)13-25(19-9-5-6-16(10-19)14-26)20-11-17-7-3-4-8-18(17)12-20/h3-10,15,20,26H,11-14H2,1-2H3. The van der Waals surface area contributed by atoms with Crippen molar-refractivity contribution >= 4 is 5.69 Å². The van der Waals surface area contributed by atoms with Crippen molar-refractivity contribution in [3.63, 3.8) is 0 Å². The monoisotopic (exact) mass is 363 g/mol. The second-order valence-electron chi connectivity index (χ2n) is 7.49. The number of benzene rings is 2. The molecule has 1 aliphatic carbocycles. The van der Waals surface area contributed by atoms with E-state index in [9.17, 15) is 5.11 Å². The second kappa shape index (κ2) is 7.53. The van der Waals surface area contributed by atoms with Crippen LogP contribution in [0, 0.1) is 0 Å². The van der Waals surface area contributed by atoms with Gasteiger partial charge in [-0.1, -0.05) is 55.4 Å². The summed E-state index contributed by atoms with van der Waals surface area (Å²) in [5.74, 6) is 1.61. The summed E-state index contributed by atoms with van der Waals surface area (Å²) in [5.41, 5.74) is 4.78. The first-order valence-corrected chi connectivity index (χ1v) is 9.49. The van der Waals surface area contributed by atoms with Gasteiger partial charge in [-0.15, -0.1) is 0 Å². The highest BCUT2D eigenvalue weighted by Gasteiger charge is 2.28. The molecule has 0 aliphatic heterocycles. The Morgan fingerprint density at radius 2 is 1.85 bits per heavy atom. The maximum atomic E-state index is 9.55. The van der Waals surface area contributed by atoms with Crippen LogP contribution in [-0.4, -0.2) is 21.3 Å². The van der Waals surface area contributed by atoms with E-state index in [1.54, 1.807) is 0 Å². The summed E-state index contributed by atoms with van der Waals surface area (Å²) in [6, 6.07) is 17.0. The predicted octanol–water partition coefficient (Wildman–Crippen LogP) is 3.86. The molecule has 5 heteroatoms. The maximum Gasteiger partial charge on any atom is 0.246 e. The largest absolute Gasteiger partial charge is 0.392 e. The molecule has 3 aromatic rings. The maximum absolute atomic E-state index is 9.55. The Bertz CT molecular complexity index is 894. The topological polar surface area (TPSA) is 62.4 Å². The normalized spacial score (nSPS) is 13.9. The predicted molar refractivity (Wildman–Crippen MR) is 105 cm³/mol. The van der Waals surface area contributed by atoms with Gasteiger partial charge in [-0.05, 0) is 41.7 Å². The van der Waals surface area contributed by atoms with E-state index in [0.29, 0.717) is 18.5 Å². The van der Waals surface area contributed by atoms with E-state index in [1.165, 1.54) is 11.1 Å². The number of hydrogen-bond acceptors (Lipinski definition) is 5. The summed E-state index contributed by atoms with van der Waals surface area (Å²) < 4.78 is 5.52. The van der Waals surface area contributed by atoms with E-state index < -0.39 is 0 Å². The van der Waals surface area contributed by atoms with Crippen LogP contribution in [0.3, 0.4) is 0 Å². The summed E-state index contributed by atoms with van der Waals surface area (Å²) in [5, 5.41) is 13.7. The molecule has 1 heterocycles. The van der Waals surface area contributed by atoms with Crippen LogP contribution < -0.4 is 4.90 Å². The molecule has 0 amide bonds. The molecule has 5 nitrogen and oxygen atoms in total. The zero-order valence-corrected chi connectivity index (χ0v) is 15.8. The van der Waals surface area contributed by atoms with E-state index in [-0.39, 0.29) is 12.5 Å². The number of rotatable bonds is 6. The first-order valence-electron chi connectivity index (χ1n) is 9.49. The molecule has 27 heavy (non-hydrogen) atoms. The molecule has 0 atom stereocenters. The van der Waals surface area contributed by atoms with Crippen LogP contribution in [0.2, 0.25) is 0 Å². The van der Waals surface area contributed by atoms with Gasteiger partial charge in [0.15, 0.2) is 5.82 Å². The minimum atomic E-state index is 0.0324. The van der Waals surface area contributed by atoms with E-state index in [1.807, 2.05) is 18.2 Å². The highest BCUT2D eigenvalue weighted by Crippen LogP contribution is 2.30. The molecule has 0 unspecified atom stereocenters. The highest BCUT2D eigenvalue weighted by atomic mass is 16.5. The average molecular weight is 363 g/mol. The van der Waals surface area contributed by atoms with Crippen LogP contribution in [0.5, 0.6) is 0 Å². The number of anilines is 1. The van der Waals surface area contributed by atoms with E-state index in [4.69, 9.17) is 4.52 Å². The van der Waals surface area contributed by atoms with Crippen LogP contribution in [0.4, 0.5) is 5.69 Å². The molecule has 0 spiro atoms. The van der Waals surface area contributed by atoms with E-state index in [0.717, 1.165) is 29.9 Å². The molecule has 1 aromatic heterocycles. The highest BCUT2D eigenvalue weighted by molar-refractivity contribution is 5.51. The van der Waals surface area contributed by atoms with Crippen molar-refractivity contribution in [1.82, 2.24) is 10.1 Å². The van der Waals surface area contributed by atoms with Gasteiger partial charge in [0.05, 0.1) is 13.2 Å². The van der Waals surface area contributed by atoms with Crippen molar-refractivity contribution < 1.29 is 9.63 Å². The summed E-state index contributed by atoms with van der Waals surface area (Å²) in [4.78, 5) is 6.90. The van der Waals surface area contributed by atoms with Crippen LogP contribution >= 0.6 is 0 Å². The van der Waals surface area contributed by atoms with Crippen molar-refractivity contribution in [3.8, 4) is 0 Å². The van der Waals surface area contributed by atoms with Crippen molar-refractivity contribution in [3.05, 3.63) is 76.9 Å². The lowest BCUT2D eigenvalue weighted by molar-refractivity contribution is 0.282. The minimum absolute atomic E-state index is 0.0324. The van der Waals surface area contributed by atoms with Gasteiger partial charge >= 0.3 is 0 Å². The summed E-state index contributed by atoms with van der Waals surface area (Å²) in [7, 11) is 0. The fourth-order valence-corrected chi connectivity index (χ4v) is 3.73. The number of aromatic nitrogens is 2. The zero-order valence-electron chi connectivity index (χ0n) is 15.8. The fraction of sp³-hybridized carbons (Fsp3) is 0.364. The Labute approximate surface area is 159 Å². The van der Waals surface area contributed by atoms with Gasteiger partial charge in [0.1, 0.15) is 0 Å². The van der Waals surface area contributed by atoms with Crippen LogP contribution in [0.25, 0.3) is 0 Å². The van der Waals surface area contributed by atoms with E-state index >= 15 is 0 Å². The first kappa shape index (κ1) is 17.7. The smallest absolute Gasteiger partial charge is 0.246 e. The molecule has 2 aromatic carbocycles. The molecule has 0 bridgehead atoms. The molecule has 0 fully saturated rings. The Morgan fingerprint density at radius 3 is 2.48 bits per heavy atom. The molecular formula is C22H25N3O2. The molecular weight excluding hydrogens is 338 g/mol. The summed E-state index contributed by atoms with van der Waals surface area (Å²) >= 11 is 0. The Morgan fingerprint density at radius 1 is 1.11 bits per heavy atom. The number of nitrogens with zero attached hydrogens (tertiary/aromatic N) is 3. The summed E-state index contributed by atoms with van der Waals surface area (Å²) in [6.45, 7) is 4.72. The molecule has 0 saturated carbocycles. The number of aliphatic hydroxyl groups is 1. The van der Waals surface area contributed by atoms with Crippen LogP contribution in [0.15, 0.2) is 53.1 Å². The fourth-order valence-electron chi connectivity index (χ4n) is 3.73. The van der Waals surface area contributed by atoms with Crippen molar-refractivity contribution in [2.45, 2.75) is 51.8 Å². The molecule has 0 saturated heterocycles. The Hall–Kier alpha value is -2.66. The van der Waals surface area contributed by atoms with Gasteiger partial charge in [-0.25, -0.2) is 0 Å². The molecule has 1 N–H and O–H groups in total. The van der Waals surface area contributed by atoms with Gasteiger partial charge in [0, 0.05) is 17.6 Å². The lowest BCUT2D eigenvalue weighted by Gasteiger charge is -2.30. The van der Waals surface area contributed by atoms with Crippen molar-refractivity contribution in [1.29, 1.82) is 0 Å². The van der Waals surface area contributed by atoms with Gasteiger partial charge in [-0.3, -0.25) is 0 Å².